The van der Waals surface area contributed by atoms with E-state index in [1.54, 1.807) is 18.9 Å². The minimum Gasteiger partial charge on any atom is -0.461 e. The van der Waals surface area contributed by atoms with Crippen molar-refractivity contribution < 1.29 is 9.47 Å². The number of aryl methyl sites for hydroxylation is 1. The average molecular weight is 226 g/mol. The van der Waals surface area contributed by atoms with Gasteiger partial charge >= 0.3 is 0 Å². The number of hydrogen-bond donors (Lipinski definition) is 2. The summed E-state index contributed by atoms with van der Waals surface area (Å²) >= 11 is 1.62. The summed E-state index contributed by atoms with van der Waals surface area (Å²) in [5.41, 5.74) is 14.2. The molecule has 1 aliphatic rings. The molecule has 1 aliphatic heterocycles. The summed E-state index contributed by atoms with van der Waals surface area (Å²) < 4.78 is 10.7. The fraction of sp³-hybridized carbons (Fsp3) is 0.400. The maximum atomic E-state index is 5.96. The maximum Gasteiger partial charge on any atom is 0.209 e. The highest BCUT2D eigenvalue weighted by atomic mass is 32.2. The quantitative estimate of drug-likeness (QED) is 0.712. The van der Waals surface area contributed by atoms with Gasteiger partial charge in [0.1, 0.15) is 0 Å². The second kappa shape index (κ2) is 3.83. The third-order valence-corrected chi connectivity index (χ3v) is 3.52. The summed E-state index contributed by atoms with van der Waals surface area (Å²) in [5, 5.41) is 0. The van der Waals surface area contributed by atoms with Gasteiger partial charge in [-0.3, -0.25) is 0 Å². The predicted molar refractivity (Wildman–Crippen MR) is 62.2 cm³/mol. The predicted octanol–water partition coefficient (Wildman–Crippen LogP) is 1.62. The lowest BCUT2D eigenvalue weighted by Gasteiger charge is -2.26. The molecule has 0 bridgehead atoms. The van der Waals surface area contributed by atoms with Crippen molar-refractivity contribution in [2.45, 2.75) is 18.1 Å². The second-order valence-electron chi connectivity index (χ2n) is 3.45. The van der Waals surface area contributed by atoms with Gasteiger partial charge < -0.3 is 20.9 Å². The van der Waals surface area contributed by atoms with E-state index in [1.165, 1.54) is 0 Å². The Morgan fingerprint density at radius 2 is 2.27 bits per heavy atom. The van der Waals surface area contributed by atoms with Crippen LogP contribution in [0.2, 0.25) is 0 Å². The van der Waals surface area contributed by atoms with Gasteiger partial charge in [0.15, 0.2) is 5.75 Å². The first kappa shape index (κ1) is 10.4. The van der Waals surface area contributed by atoms with E-state index >= 15 is 0 Å². The zero-order valence-electron chi connectivity index (χ0n) is 8.74. The minimum absolute atomic E-state index is 0.244. The number of methoxy groups -OCH3 is 1. The molecule has 0 amide bonds. The van der Waals surface area contributed by atoms with Crippen LogP contribution in [0.3, 0.4) is 0 Å². The van der Waals surface area contributed by atoms with Crippen LogP contribution in [-0.2, 0) is 4.74 Å². The highest BCUT2D eigenvalue weighted by Gasteiger charge is 2.24. The highest BCUT2D eigenvalue weighted by Crippen LogP contribution is 2.44. The van der Waals surface area contributed by atoms with Crippen LogP contribution in [0.25, 0.3) is 0 Å². The Kier molecular flexibility index (Phi) is 2.67. The third kappa shape index (κ3) is 1.72. The van der Waals surface area contributed by atoms with Crippen LogP contribution in [0.15, 0.2) is 11.0 Å². The van der Waals surface area contributed by atoms with Gasteiger partial charge in [0.2, 0.25) is 6.29 Å². The van der Waals surface area contributed by atoms with E-state index in [1.807, 2.05) is 13.0 Å². The number of fused-ring (bicyclic) bond motifs is 1. The molecule has 2 rings (SSSR count). The molecule has 0 fully saturated rings. The van der Waals surface area contributed by atoms with Crippen LogP contribution in [0.5, 0.6) is 5.75 Å². The van der Waals surface area contributed by atoms with Gasteiger partial charge in [0, 0.05) is 7.11 Å². The van der Waals surface area contributed by atoms with Crippen molar-refractivity contribution in [1.82, 2.24) is 0 Å². The number of nitrogen functional groups attached to an aromatic ring is 2. The highest BCUT2D eigenvalue weighted by molar-refractivity contribution is 7.99. The van der Waals surface area contributed by atoms with Crippen molar-refractivity contribution in [1.29, 1.82) is 0 Å². The molecule has 4 nitrogen and oxygen atoms in total. The fourth-order valence-corrected chi connectivity index (χ4v) is 2.63. The van der Waals surface area contributed by atoms with Gasteiger partial charge in [-0.1, -0.05) is 0 Å². The normalized spacial score (nSPS) is 19.5. The number of anilines is 2. The van der Waals surface area contributed by atoms with Gasteiger partial charge in [-0.05, 0) is 18.6 Å². The first-order chi connectivity index (χ1) is 7.13. The number of ether oxygens (including phenoxy) is 2. The van der Waals surface area contributed by atoms with Gasteiger partial charge in [0.25, 0.3) is 0 Å². The zero-order chi connectivity index (χ0) is 11.0. The molecule has 0 aromatic heterocycles. The molecule has 1 unspecified atom stereocenters. The van der Waals surface area contributed by atoms with Crippen LogP contribution in [0, 0.1) is 6.92 Å². The number of hydrogen-bond acceptors (Lipinski definition) is 5. The first-order valence-electron chi connectivity index (χ1n) is 4.64. The number of nitrogens with two attached hydrogens (primary N) is 2. The Morgan fingerprint density at radius 1 is 1.53 bits per heavy atom. The number of benzene rings is 1. The molecular formula is C10H14N2O2S. The summed E-state index contributed by atoms with van der Waals surface area (Å²) in [6.45, 7) is 1.94. The van der Waals surface area contributed by atoms with E-state index in [-0.39, 0.29) is 6.29 Å². The van der Waals surface area contributed by atoms with E-state index in [0.717, 1.165) is 21.9 Å². The summed E-state index contributed by atoms with van der Waals surface area (Å²) in [4.78, 5) is 0.931. The largest absolute Gasteiger partial charge is 0.461 e. The van der Waals surface area contributed by atoms with E-state index in [9.17, 15) is 0 Å². The molecule has 1 heterocycles. The lowest BCUT2D eigenvalue weighted by Crippen LogP contribution is -2.26. The molecular weight excluding hydrogens is 212 g/mol. The van der Waals surface area contributed by atoms with Crippen molar-refractivity contribution in [3.8, 4) is 5.75 Å². The Labute approximate surface area is 92.9 Å². The lowest BCUT2D eigenvalue weighted by molar-refractivity contribution is -0.0380. The van der Waals surface area contributed by atoms with Crippen molar-refractivity contribution >= 4 is 23.1 Å². The minimum atomic E-state index is -0.244. The standard InChI is InChI=1S/C10H14N2O2S/c1-5-3-6(11)9-10(8(5)12)15-4-7(13-2)14-9/h3,7H,4,11-12H2,1-2H3. The second-order valence-corrected chi connectivity index (χ2v) is 4.48. The maximum absolute atomic E-state index is 5.96. The summed E-state index contributed by atoms with van der Waals surface area (Å²) in [6, 6.07) is 1.83. The zero-order valence-corrected chi connectivity index (χ0v) is 9.56. The fourth-order valence-electron chi connectivity index (χ4n) is 1.51. The third-order valence-electron chi connectivity index (χ3n) is 2.39. The van der Waals surface area contributed by atoms with Crippen LogP contribution >= 0.6 is 11.8 Å². The molecule has 0 aliphatic carbocycles. The monoisotopic (exact) mass is 226 g/mol. The molecule has 0 saturated carbocycles. The van der Waals surface area contributed by atoms with Crippen LogP contribution in [0.1, 0.15) is 5.56 Å². The Bertz CT molecular complexity index is 395. The summed E-state index contributed by atoms with van der Waals surface area (Å²) in [5.74, 6) is 1.39. The molecule has 0 spiro atoms. The topological polar surface area (TPSA) is 70.5 Å². The van der Waals surface area contributed by atoms with Gasteiger partial charge in [-0.2, -0.15) is 0 Å². The van der Waals surface area contributed by atoms with Crippen molar-refractivity contribution in [2.24, 2.45) is 0 Å². The van der Waals surface area contributed by atoms with E-state index in [4.69, 9.17) is 20.9 Å². The number of thioether (sulfide) groups is 1. The van der Waals surface area contributed by atoms with Gasteiger partial charge in [-0.15, -0.1) is 11.8 Å². The van der Waals surface area contributed by atoms with Crippen LogP contribution < -0.4 is 16.2 Å². The smallest absolute Gasteiger partial charge is 0.209 e. The molecule has 5 heteroatoms. The van der Waals surface area contributed by atoms with Crippen LogP contribution in [-0.4, -0.2) is 19.2 Å². The molecule has 1 aromatic carbocycles. The Morgan fingerprint density at radius 3 is 2.93 bits per heavy atom. The van der Waals surface area contributed by atoms with E-state index < -0.39 is 0 Å². The van der Waals surface area contributed by atoms with E-state index in [2.05, 4.69) is 0 Å². The number of rotatable bonds is 1. The van der Waals surface area contributed by atoms with E-state index in [0.29, 0.717) is 11.4 Å². The molecule has 15 heavy (non-hydrogen) atoms. The van der Waals surface area contributed by atoms with Gasteiger partial charge in [0.05, 0.1) is 22.0 Å². The molecule has 1 aromatic rings. The average Bonchev–Trinajstić information content (AvgIpc) is 2.25. The molecule has 0 radical (unpaired) electrons. The van der Waals surface area contributed by atoms with Crippen molar-refractivity contribution in [2.75, 3.05) is 24.3 Å². The molecule has 1 atom stereocenters. The molecule has 4 N–H and O–H groups in total. The summed E-state index contributed by atoms with van der Waals surface area (Å²) in [7, 11) is 1.62. The van der Waals surface area contributed by atoms with Crippen LogP contribution in [0.4, 0.5) is 11.4 Å². The first-order valence-corrected chi connectivity index (χ1v) is 5.63. The SMILES string of the molecule is COC1CSc2c(N)c(C)cc(N)c2O1. The molecule has 82 valence electrons. The van der Waals surface area contributed by atoms with Crippen molar-refractivity contribution in [3.05, 3.63) is 11.6 Å². The van der Waals surface area contributed by atoms with Gasteiger partial charge in [-0.25, -0.2) is 0 Å². The molecule has 0 saturated heterocycles. The Balaban J connectivity index is 2.47. The van der Waals surface area contributed by atoms with Crippen molar-refractivity contribution in [3.63, 3.8) is 0 Å². The Hall–Kier alpha value is -1.07. The summed E-state index contributed by atoms with van der Waals surface area (Å²) in [6.07, 6.45) is -0.244. The lowest BCUT2D eigenvalue weighted by atomic mass is 10.1.